The van der Waals surface area contributed by atoms with Gasteiger partial charge in [0, 0.05) is 23.9 Å². The lowest BCUT2D eigenvalue weighted by molar-refractivity contribution is -0.142. The molecule has 124 valence electrons. The third kappa shape index (κ3) is 4.00. The topological polar surface area (TPSA) is 83.4 Å². The first-order valence-electron chi connectivity index (χ1n) is 7.11. The molecule has 0 aliphatic carbocycles. The predicted octanol–water partition coefficient (Wildman–Crippen LogP) is 2.58. The summed E-state index contributed by atoms with van der Waals surface area (Å²) in [5.41, 5.74) is 1.15. The zero-order chi connectivity index (χ0) is 17.1. The van der Waals surface area contributed by atoms with E-state index in [2.05, 4.69) is 9.97 Å². The Balaban J connectivity index is 2.06. The van der Waals surface area contributed by atoms with E-state index in [1.165, 1.54) is 27.9 Å². The normalized spacial score (nSPS) is 12.3. The number of hydrogen-bond acceptors (Lipinski definition) is 6. The number of carboxylic acids is 1. The monoisotopic (exact) mass is 353 g/mol. The summed E-state index contributed by atoms with van der Waals surface area (Å²) >= 11 is 2.99. The number of aromatic nitrogens is 2. The standard InChI is InChI=1S/C15H19N3O3S2/c1-8(15(20)21)5-18(4)11(19)6-22-13-12-9(2)10(3)23-14(12)17-7-16-13/h7-8H,5-6H2,1-4H3,(H,20,21). The van der Waals surface area contributed by atoms with Crippen molar-refractivity contribution in [3.63, 3.8) is 0 Å². The minimum absolute atomic E-state index is 0.112. The highest BCUT2D eigenvalue weighted by atomic mass is 32.2. The smallest absolute Gasteiger partial charge is 0.308 e. The van der Waals surface area contributed by atoms with Crippen LogP contribution in [0.15, 0.2) is 11.4 Å². The third-order valence-corrected chi connectivity index (χ3v) is 5.75. The van der Waals surface area contributed by atoms with Gasteiger partial charge in [0.15, 0.2) is 0 Å². The minimum Gasteiger partial charge on any atom is -0.481 e. The van der Waals surface area contributed by atoms with Gasteiger partial charge in [0.05, 0.1) is 11.7 Å². The van der Waals surface area contributed by atoms with E-state index in [9.17, 15) is 9.59 Å². The Kier molecular flexibility index (Phi) is 5.59. The Morgan fingerprint density at radius 3 is 2.74 bits per heavy atom. The van der Waals surface area contributed by atoms with Crippen LogP contribution in [0.5, 0.6) is 0 Å². The largest absolute Gasteiger partial charge is 0.481 e. The molecule has 2 aromatic rings. The first-order valence-corrected chi connectivity index (χ1v) is 8.91. The number of carbonyl (C=O) groups is 2. The van der Waals surface area contributed by atoms with Crippen LogP contribution in [0.4, 0.5) is 0 Å². The van der Waals surface area contributed by atoms with Crippen molar-refractivity contribution < 1.29 is 14.7 Å². The fourth-order valence-electron chi connectivity index (χ4n) is 2.09. The molecule has 8 heteroatoms. The summed E-state index contributed by atoms with van der Waals surface area (Å²) in [6, 6.07) is 0. The quantitative estimate of drug-likeness (QED) is 0.635. The average Bonchev–Trinajstić information content (AvgIpc) is 2.80. The minimum atomic E-state index is -0.904. The molecule has 23 heavy (non-hydrogen) atoms. The van der Waals surface area contributed by atoms with Gasteiger partial charge in [-0.05, 0) is 19.4 Å². The molecule has 1 N–H and O–H groups in total. The van der Waals surface area contributed by atoms with Crippen LogP contribution in [-0.4, -0.2) is 51.2 Å². The van der Waals surface area contributed by atoms with Gasteiger partial charge in [-0.25, -0.2) is 9.97 Å². The Morgan fingerprint density at radius 1 is 1.39 bits per heavy atom. The van der Waals surface area contributed by atoms with Gasteiger partial charge in [-0.1, -0.05) is 18.7 Å². The Hall–Kier alpha value is -1.67. The summed E-state index contributed by atoms with van der Waals surface area (Å²) < 4.78 is 0. The van der Waals surface area contributed by atoms with E-state index in [4.69, 9.17) is 5.11 Å². The summed E-state index contributed by atoms with van der Waals surface area (Å²) in [5, 5.41) is 10.7. The van der Waals surface area contributed by atoms with E-state index >= 15 is 0 Å². The first-order chi connectivity index (χ1) is 10.8. The van der Waals surface area contributed by atoms with Crippen LogP contribution < -0.4 is 0 Å². The van der Waals surface area contributed by atoms with E-state index in [0.717, 1.165) is 20.8 Å². The number of fused-ring (bicyclic) bond motifs is 1. The summed E-state index contributed by atoms with van der Waals surface area (Å²) in [5.74, 6) is -1.37. The third-order valence-electron chi connectivity index (χ3n) is 3.66. The zero-order valence-corrected chi connectivity index (χ0v) is 15.1. The number of aliphatic carboxylic acids is 1. The lowest BCUT2D eigenvalue weighted by atomic mass is 10.2. The molecule has 0 saturated carbocycles. The van der Waals surface area contributed by atoms with Crippen LogP contribution >= 0.6 is 23.1 Å². The first kappa shape index (κ1) is 17.7. The van der Waals surface area contributed by atoms with Crippen LogP contribution in [0, 0.1) is 19.8 Å². The molecule has 6 nitrogen and oxygen atoms in total. The zero-order valence-electron chi connectivity index (χ0n) is 13.5. The van der Waals surface area contributed by atoms with Gasteiger partial charge < -0.3 is 10.0 Å². The second-order valence-corrected chi connectivity index (χ2v) is 7.61. The highest BCUT2D eigenvalue weighted by Gasteiger charge is 2.19. The second-order valence-electron chi connectivity index (χ2n) is 5.44. The Morgan fingerprint density at radius 2 is 2.09 bits per heavy atom. The molecule has 1 unspecified atom stereocenters. The van der Waals surface area contributed by atoms with Gasteiger partial charge >= 0.3 is 5.97 Å². The summed E-state index contributed by atoms with van der Waals surface area (Å²) in [6.45, 7) is 5.86. The Labute approximate surface area is 142 Å². The number of aryl methyl sites for hydroxylation is 2. The molecule has 0 aromatic carbocycles. The number of carbonyl (C=O) groups excluding carboxylic acids is 1. The van der Waals surface area contributed by atoms with Crippen LogP contribution in [0.3, 0.4) is 0 Å². The van der Waals surface area contributed by atoms with Crippen molar-refractivity contribution in [2.24, 2.45) is 5.92 Å². The summed E-state index contributed by atoms with van der Waals surface area (Å²) in [7, 11) is 1.62. The van der Waals surface area contributed by atoms with Gasteiger partial charge in [-0.3, -0.25) is 9.59 Å². The number of hydrogen-bond donors (Lipinski definition) is 1. The SMILES string of the molecule is Cc1sc2ncnc(SCC(=O)N(C)CC(C)C(=O)O)c2c1C. The van der Waals surface area contributed by atoms with Crippen molar-refractivity contribution in [2.75, 3.05) is 19.3 Å². The van der Waals surface area contributed by atoms with E-state index < -0.39 is 11.9 Å². The molecule has 0 saturated heterocycles. The molecular weight excluding hydrogens is 334 g/mol. The lowest BCUT2D eigenvalue weighted by Gasteiger charge is -2.19. The van der Waals surface area contributed by atoms with Crippen LogP contribution in [0.1, 0.15) is 17.4 Å². The van der Waals surface area contributed by atoms with Crippen molar-refractivity contribution in [3.8, 4) is 0 Å². The molecule has 0 radical (unpaired) electrons. The van der Waals surface area contributed by atoms with Crippen molar-refractivity contribution in [1.82, 2.24) is 14.9 Å². The van der Waals surface area contributed by atoms with Gasteiger partial charge in [0.2, 0.25) is 5.91 Å². The fraction of sp³-hybridized carbons (Fsp3) is 0.467. The van der Waals surface area contributed by atoms with E-state index in [-0.39, 0.29) is 18.2 Å². The second kappa shape index (κ2) is 7.27. The molecule has 0 aliphatic rings. The molecule has 2 rings (SSSR count). The van der Waals surface area contributed by atoms with Gasteiger partial charge in [-0.15, -0.1) is 11.3 Å². The highest BCUT2D eigenvalue weighted by molar-refractivity contribution is 8.00. The van der Waals surface area contributed by atoms with Crippen LogP contribution in [0.25, 0.3) is 10.2 Å². The van der Waals surface area contributed by atoms with Gasteiger partial charge in [-0.2, -0.15) is 0 Å². The number of nitrogens with zero attached hydrogens (tertiary/aromatic N) is 3. The number of amides is 1. The maximum atomic E-state index is 12.2. The van der Waals surface area contributed by atoms with Crippen molar-refractivity contribution >= 4 is 45.2 Å². The molecule has 0 fully saturated rings. The maximum absolute atomic E-state index is 12.2. The molecule has 2 heterocycles. The molecule has 0 aliphatic heterocycles. The summed E-state index contributed by atoms with van der Waals surface area (Å²) in [6.07, 6.45) is 1.51. The fourth-order valence-corrected chi connectivity index (χ4v) is 4.15. The van der Waals surface area contributed by atoms with E-state index in [1.54, 1.807) is 25.3 Å². The van der Waals surface area contributed by atoms with Gasteiger partial charge in [0.25, 0.3) is 0 Å². The molecule has 0 spiro atoms. The average molecular weight is 353 g/mol. The number of carboxylic acid groups (broad SMARTS) is 1. The Bertz CT molecular complexity index is 745. The van der Waals surface area contributed by atoms with Crippen LogP contribution in [-0.2, 0) is 9.59 Å². The molecule has 1 amide bonds. The van der Waals surface area contributed by atoms with Crippen molar-refractivity contribution in [2.45, 2.75) is 25.8 Å². The highest BCUT2D eigenvalue weighted by Crippen LogP contribution is 2.34. The summed E-state index contributed by atoms with van der Waals surface area (Å²) in [4.78, 5) is 35.2. The van der Waals surface area contributed by atoms with Crippen LogP contribution in [0.2, 0.25) is 0 Å². The molecule has 0 bridgehead atoms. The number of thiophene rings is 1. The molecule has 2 aromatic heterocycles. The van der Waals surface area contributed by atoms with Crippen molar-refractivity contribution in [3.05, 3.63) is 16.8 Å². The molecule has 1 atom stereocenters. The predicted molar refractivity (Wildman–Crippen MR) is 92.0 cm³/mol. The number of rotatable bonds is 6. The van der Waals surface area contributed by atoms with Gasteiger partial charge in [0.1, 0.15) is 16.2 Å². The number of thioether (sulfide) groups is 1. The van der Waals surface area contributed by atoms with E-state index in [1.807, 2.05) is 13.8 Å². The van der Waals surface area contributed by atoms with Crippen molar-refractivity contribution in [1.29, 1.82) is 0 Å². The lowest BCUT2D eigenvalue weighted by Crippen LogP contribution is -2.34. The van der Waals surface area contributed by atoms with E-state index in [0.29, 0.717) is 0 Å². The maximum Gasteiger partial charge on any atom is 0.308 e. The molecular formula is C15H19N3O3S2.